The lowest BCUT2D eigenvalue weighted by molar-refractivity contribution is 0.0941. The number of phenolic OH excluding ortho intramolecular Hbond substituents is 1. The summed E-state index contributed by atoms with van der Waals surface area (Å²) in [4.78, 5) is 11.9. The fourth-order valence-electron chi connectivity index (χ4n) is 1.66. The van der Waals surface area contributed by atoms with E-state index >= 15 is 0 Å². The maximum atomic E-state index is 11.9. The van der Waals surface area contributed by atoms with Gasteiger partial charge in [0, 0.05) is 16.7 Å². The first-order chi connectivity index (χ1) is 8.58. The second kappa shape index (κ2) is 7.58. The van der Waals surface area contributed by atoms with Crippen LogP contribution in [0.4, 0.5) is 0 Å². The number of carbonyl (C=O) groups is 1. The zero-order valence-electron chi connectivity index (χ0n) is 10.3. The van der Waals surface area contributed by atoms with E-state index in [0.29, 0.717) is 18.5 Å². The summed E-state index contributed by atoms with van der Waals surface area (Å²) >= 11 is 2.09. The van der Waals surface area contributed by atoms with Crippen molar-refractivity contribution in [2.45, 2.75) is 19.8 Å². The predicted octanol–water partition coefficient (Wildman–Crippen LogP) is 2.14. The molecule has 0 radical (unpaired) electrons. The normalized spacial score (nSPS) is 12.2. The maximum Gasteiger partial charge on any atom is 0.255 e. The van der Waals surface area contributed by atoms with E-state index in [-0.39, 0.29) is 24.2 Å². The van der Waals surface area contributed by atoms with Crippen molar-refractivity contribution in [3.05, 3.63) is 27.3 Å². The Labute approximate surface area is 121 Å². The van der Waals surface area contributed by atoms with Gasteiger partial charge in [0.05, 0.1) is 5.56 Å². The molecular weight excluding hydrogens is 345 g/mol. The number of aliphatic hydroxyl groups excluding tert-OH is 1. The van der Waals surface area contributed by atoms with Crippen LogP contribution in [0.2, 0.25) is 0 Å². The third-order valence-corrected chi connectivity index (χ3v) is 3.54. The Morgan fingerprint density at radius 1 is 1.50 bits per heavy atom. The summed E-state index contributed by atoms with van der Waals surface area (Å²) in [5.74, 6) is -0.0191. The van der Waals surface area contributed by atoms with Crippen molar-refractivity contribution in [1.82, 2.24) is 5.32 Å². The van der Waals surface area contributed by atoms with Crippen molar-refractivity contribution in [2.75, 3.05) is 13.2 Å². The average Bonchev–Trinajstić information content (AvgIpc) is 2.37. The van der Waals surface area contributed by atoms with E-state index < -0.39 is 0 Å². The van der Waals surface area contributed by atoms with Gasteiger partial charge in [0.25, 0.3) is 5.91 Å². The highest BCUT2D eigenvalue weighted by Crippen LogP contribution is 2.19. The Morgan fingerprint density at radius 2 is 2.22 bits per heavy atom. The zero-order chi connectivity index (χ0) is 13.5. The molecule has 0 saturated heterocycles. The Bertz CT molecular complexity index is 409. The zero-order valence-corrected chi connectivity index (χ0v) is 12.5. The van der Waals surface area contributed by atoms with Crippen molar-refractivity contribution in [3.8, 4) is 5.75 Å². The molecule has 1 aromatic carbocycles. The Kier molecular flexibility index (Phi) is 6.42. The number of carbonyl (C=O) groups excluding carboxylic acids is 1. The Hall–Kier alpha value is -0.820. The topological polar surface area (TPSA) is 69.6 Å². The van der Waals surface area contributed by atoms with E-state index in [0.717, 1.165) is 9.99 Å². The molecule has 1 rings (SSSR count). The van der Waals surface area contributed by atoms with Gasteiger partial charge in [0.2, 0.25) is 0 Å². The number of rotatable bonds is 6. The van der Waals surface area contributed by atoms with E-state index in [2.05, 4.69) is 27.9 Å². The van der Waals surface area contributed by atoms with E-state index in [1.807, 2.05) is 6.92 Å². The van der Waals surface area contributed by atoms with Gasteiger partial charge in [-0.3, -0.25) is 4.79 Å². The van der Waals surface area contributed by atoms with Crippen LogP contribution in [0.25, 0.3) is 0 Å². The number of hydrogen-bond donors (Lipinski definition) is 3. The minimum absolute atomic E-state index is 0.0110. The van der Waals surface area contributed by atoms with E-state index in [1.165, 1.54) is 6.07 Å². The highest BCUT2D eigenvalue weighted by molar-refractivity contribution is 14.1. The number of aliphatic hydroxyl groups is 1. The molecule has 0 aliphatic heterocycles. The van der Waals surface area contributed by atoms with Gasteiger partial charge in [-0.2, -0.15) is 0 Å². The number of benzene rings is 1. The van der Waals surface area contributed by atoms with Crippen molar-refractivity contribution < 1.29 is 15.0 Å². The molecule has 18 heavy (non-hydrogen) atoms. The fourth-order valence-corrected chi connectivity index (χ4v) is 2.15. The molecule has 0 heterocycles. The number of nitrogens with one attached hydrogen (secondary N) is 1. The molecule has 1 aromatic rings. The number of amides is 1. The molecule has 3 N–H and O–H groups in total. The van der Waals surface area contributed by atoms with Gasteiger partial charge in [-0.05, 0) is 53.1 Å². The smallest absolute Gasteiger partial charge is 0.255 e. The number of aromatic hydroxyl groups is 1. The van der Waals surface area contributed by atoms with Crippen LogP contribution in [0.3, 0.4) is 0 Å². The Balaban J connectivity index is 2.62. The summed E-state index contributed by atoms with van der Waals surface area (Å²) < 4.78 is 0.901. The van der Waals surface area contributed by atoms with Crippen molar-refractivity contribution >= 4 is 28.5 Å². The van der Waals surface area contributed by atoms with Gasteiger partial charge in [-0.15, -0.1) is 0 Å². The molecule has 0 aliphatic carbocycles. The predicted molar refractivity (Wildman–Crippen MR) is 78.6 cm³/mol. The SMILES string of the molecule is CCC(CCO)CNC(=O)c1cc(I)ccc1O. The maximum absolute atomic E-state index is 11.9. The fraction of sp³-hybridized carbons (Fsp3) is 0.462. The van der Waals surface area contributed by atoms with Crippen molar-refractivity contribution in [1.29, 1.82) is 0 Å². The monoisotopic (exact) mass is 363 g/mol. The van der Waals surface area contributed by atoms with Crippen molar-refractivity contribution in [2.24, 2.45) is 5.92 Å². The van der Waals surface area contributed by atoms with Gasteiger partial charge in [-0.25, -0.2) is 0 Å². The molecule has 100 valence electrons. The molecule has 1 atom stereocenters. The summed E-state index contributed by atoms with van der Waals surface area (Å²) in [7, 11) is 0. The second-order valence-electron chi connectivity index (χ2n) is 4.16. The molecule has 0 fully saturated rings. The lowest BCUT2D eigenvalue weighted by atomic mass is 10.0. The van der Waals surface area contributed by atoms with Gasteiger partial charge in [0.1, 0.15) is 5.75 Å². The standard InChI is InChI=1S/C13H18INO3/c1-2-9(5-6-16)8-15-13(18)11-7-10(14)3-4-12(11)17/h3-4,7,9,16-17H,2,5-6,8H2,1H3,(H,15,18). The molecule has 0 saturated carbocycles. The number of halogens is 1. The highest BCUT2D eigenvalue weighted by Gasteiger charge is 2.13. The average molecular weight is 363 g/mol. The highest BCUT2D eigenvalue weighted by atomic mass is 127. The van der Waals surface area contributed by atoms with Gasteiger partial charge >= 0.3 is 0 Å². The van der Waals surface area contributed by atoms with E-state index in [9.17, 15) is 9.90 Å². The first kappa shape index (κ1) is 15.2. The van der Waals surface area contributed by atoms with Crippen LogP contribution >= 0.6 is 22.6 Å². The molecule has 0 bridgehead atoms. The summed E-state index contributed by atoms with van der Waals surface area (Å²) in [5, 5.41) is 21.3. The van der Waals surface area contributed by atoms with Crippen LogP contribution in [0.1, 0.15) is 30.1 Å². The number of phenols is 1. The lowest BCUT2D eigenvalue weighted by Gasteiger charge is -2.14. The van der Waals surface area contributed by atoms with Crippen molar-refractivity contribution in [3.63, 3.8) is 0 Å². The second-order valence-corrected chi connectivity index (χ2v) is 5.40. The molecule has 0 aromatic heterocycles. The van der Waals surface area contributed by atoms with Crippen LogP contribution in [-0.2, 0) is 0 Å². The molecule has 4 nitrogen and oxygen atoms in total. The molecule has 5 heteroatoms. The summed E-state index contributed by atoms with van der Waals surface area (Å²) in [5.41, 5.74) is 0.292. The minimum Gasteiger partial charge on any atom is -0.507 e. The third kappa shape index (κ3) is 4.45. The molecule has 0 spiro atoms. The first-order valence-electron chi connectivity index (χ1n) is 5.96. The quantitative estimate of drug-likeness (QED) is 0.679. The largest absolute Gasteiger partial charge is 0.507 e. The van der Waals surface area contributed by atoms with Gasteiger partial charge < -0.3 is 15.5 Å². The third-order valence-electron chi connectivity index (χ3n) is 2.87. The molecule has 0 aliphatic rings. The Morgan fingerprint density at radius 3 is 2.83 bits per heavy atom. The first-order valence-corrected chi connectivity index (χ1v) is 7.04. The van der Waals surface area contributed by atoms with Gasteiger partial charge in [0.15, 0.2) is 0 Å². The molecule has 1 unspecified atom stereocenters. The lowest BCUT2D eigenvalue weighted by Crippen LogP contribution is -2.29. The van der Waals surface area contributed by atoms with Crippen LogP contribution < -0.4 is 5.32 Å². The van der Waals surface area contributed by atoms with E-state index in [1.54, 1.807) is 12.1 Å². The van der Waals surface area contributed by atoms with Gasteiger partial charge in [-0.1, -0.05) is 13.3 Å². The van der Waals surface area contributed by atoms with Crippen LogP contribution in [0, 0.1) is 9.49 Å². The summed E-state index contributed by atoms with van der Waals surface area (Å²) in [6, 6.07) is 4.91. The summed E-state index contributed by atoms with van der Waals surface area (Å²) in [6.07, 6.45) is 1.58. The van der Waals surface area contributed by atoms with Crippen LogP contribution in [0.15, 0.2) is 18.2 Å². The molecule has 1 amide bonds. The minimum atomic E-state index is -0.276. The van der Waals surface area contributed by atoms with E-state index in [4.69, 9.17) is 5.11 Å². The van der Waals surface area contributed by atoms with Crippen LogP contribution in [0.5, 0.6) is 5.75 Å². The van der Waals surface area contributed by atoms with Crippen LogP contribution in [-0.4, -0.2) is 29.3 Å². The summed E-state index contributed by atoms with van der Waals surface area (Å²) in [6.45, 7) is 2.67. The number of hydrogen-bond acceptors (Lipinski definition) is 3. The molecular formula is C13H18INO3.